The molecule has 0 atom stereocenters. The lowest BCUT2D eigenvalue weighted by Crippen LogP contribution is -2.02. The lowest BCUT2D eigenvalue weighted by atomic mass is 10.1. The Hall–Kier alpha value is -1.94. The number of para-hydroxylation sites is 1. The standard InChI is InChI=1S/C16H12BrFN2/c17-13-8-7-11(16-12(13)4-3-9-19-16)10-20-15-6-2-1-5-14(15)18/h1-9,20H,10H2. The Morgan fingerprint density at radius 2 is 1.90 bits per heavy atom. The number of nitrogens with one attached hydrogen (secondary N) is 1. The van der Waals surface area contributed by atoms with E-state index >= 15 is 0 Å². The molecule has 100 valence electrons. The highest BCUT2D eigenvalue weighted by atomic mass is 79.9. The molecule has 0 fully saturated rings. The van der Waals surface area contributed by atoms with Crippen molar-refractivity contribution >= 4 is 32.5 Å². The van der Waals surface area contributed by atoms with Crippen molar-refractivity contribution in [3.05, 3.63) is 70.6 Å². The van der Waals surface area contributed by atoms with Crippen molar-refractivity contribution < 1.29 is 4.39 Å². The minimum absolute atomic E-state index is 0.248. The summed E-state index contributed by atoms with van der Waals surface area (Å²) in [6.07, 6.45) is 1.77. The van der Waals surface area contributed by atoms with Crippen LogP contribution in [0.15, 0.2) is 59.2 Å². The molecule has 0 spiro atoms. The zero-order valence-corrected chi connectivity index (χ0v) is 12.2. The number of nitrogens with zero attached hydrogens (tertiary/aromatic N) is 1. The van der Waals surface area contributed by atoms with Gasteiger partial charge in [0.05, 0.1) is 11.2 Å². The molecular formula is C16H12BrFN2. The Morgan fingerprint density at radius 3 is 2.75 bits per heavy atom. The van der Waals surface area contributed by atoms with Crippen LogP contribution in [0.5, 0.6) is 0 Å². The summed E-state index contributed by atoms with van der Waals surface area (Å²) in [5.74, 6) is -0.248. The second-order valence-electron chi connectivity index (χ2n) is 4.44. The van der Waals surface area contributed by atoms with E-state index in [0.29, 0.717) is 12.2 Å². The van der Waals surface area contributed by atoms with Crippen LogP contribution in [0.4, 0.5) is 10.1 Å². The normalized spacial score (nSPS) is 10.7. The number of rotatable bonds is 3. The second kappa shape index (κ2) is 5.59. The zero-order valence-electron chi connectivity index (χ0n) is 10.6. The van der Waals surface area contributed by atoms with Gasteiger partial charge in [-0.15, -0.1) is 0 Å². The molecule has 0 saturated heterocycles. The van der Waals surface area contributed by atoms with E-state index < -0.39 is 0 Å². The summed E-state index contributed by atoms with van der Waals surface area (Å²) in [6, 6.07) is 14.6. The Bertz CT molecular complexity index is 758. The molecule has 1 heterocycles. The predicted molar refractivity (Wildman–Crippen MR) is 83.2 cm³/mol. The number of hydrogen-bond donors (Lipinski definition) is 1. The summed E-state index contributed by atoms with van der Waals surface area (Å²) < 4.78 is 14.6. The van der Waals surface area contributed by atoms with E-state index in [1.54, 1.807) is 18.3 Å². The van der Waals surface area contributed by atoms with Crippen LogP contribution in [-0.2, 0) is 6.54 Å². The van der Waals surface area contributed by atoms with Gasteiger partial charge in [0.15, 0.2) is 0 Å². The maximum Gasteiger partial charge on any atom is 0.146 e. The SMILES string of the molecule is Fc1ccccc1NCc1ccc(Br)c2cccnc12. The minimum Gasteiger partial charge on any atom is -0.379 e. The van der Waals surface area contributed by atoms with E-state index in [-0.39, 0.29) is 5.82 Å². The summed E-state index contributed by atoms with van der Waals surface area (Å²) in [4.78, 5) is 4.41. The van der Waals surface area contributed by atoms with E-state index in [2.05, 4.69) is 26.2 Å². The summed E-state index contributed by atoms with van der Waals surface area (Å²) in [5.41, 5.74) is 2.46. The van der Waals surface area contributed by atoms with Gasteiger partial charge in [0.25, 0.3) is 0 Å². The number of aromatic nitrogens is 1. The average Bonchev–Trinajstić information content (AvgIpc) is 2.48. The van der Waals surface area contributed by atoms with Gasteiger partial charge in [0.1, 0.15) is 5.82 Å². The molecule has 1 N–H and O–H groups in total. The van der Waals surface area contributed by atoms with Crippen LogP contribution in [0.3, 0.4) is 0 Å². The first-order valence-corrected chi connectivity index (χ1v) is 7.05. The molecule has 0 aliphatic carbocycles. The van der Waals surface area contributed by atoms with Gasteiger partial charge in [-0.05, 0) is 29.8 Å². The number of halogens is 2. The fourth-order valence-corrected chi connectivity index (χ4v) is 2.59. The van der Waals surface area contributed by atoms with Crippen LogP contribution >= 0.6 is 15.9 Å². The third-order valence-electron chi connectivity index (χ3n) is 3.14. The smallest absolute Gasteiger partial charge is 0.146 e. The van der Waals surface area contributed by atoms with Crippen molar-refractivity contribution in [3.8, 4) is 0 Å². The topological polar surface area (TPSA) is 24.9 Å². The van der Waals surface area contributed by atoms with Crippen LogP contribution in [-0.4, -0.2) is 4.98 Å². The summed E-state index contributed by atoms with van der Waals surface area (Å²) in [7, 11) is 0. The second-order valence-corrected chi connectivity index (χ2v) is 5.29. The Morgan fingerprint density at radius 1 is 1.05 bits per heavy atom. The fourth-order valence-electron chi connectivity index (χ4n) is 2.13. The monoisotopic (exact) mass is 330 g/mol. The van der Waals surface area contributed by atoms with Crippen molar-refractivity contribution in [1.82, 2.24) is 4.98 Å². The molecule has 1 aromatic heterocycles. The Labute approximate surface area is 124 Å². The molecule has 3 aromatic rings. The Kier molecular flexibility index (Phi) is 3.65. The summed E-state index contributed by atoms with van der Waals surface area (Å²) in [5, 5.41) is 4.17. The van der Waals surface area contributed by atoms with Gasteiger partial charge in [-0.2, -0.15) is 0 Å². The van der Waals surface area contributed by atoms with Gasteiger partial charge in [0, 0.05) is 22.6 Å². The van der Waals surface area contributed by atoms with Crippen molar-refractivity contribution in [2.45, 2.75) is 6.54 Å². The van der Waals surface area contributed by atoms with Crippen LogP contribution in [0.1, 0.15) is 5.56 Å². The van der Waals surface area contributed by atoms with Gasteiger partial charge in [-0.25, -0.2) is 4.39 Å². The lowest BCUT2D eigenvalue weighted by Gasteiger charge is -2.10. The molecule has 3 rings (SSSR count). The van der Waals surface area contributed by atoms with Crippen molar-refractivity contribution in [2.24, 2.45) is 0 Å². The predicted octanol–water partition coefficient (Wildman–Crippen LogP) is 4.75. The maximum atomic E-state index is 13.6. The molecule has 4 heteroatoms. The highest BCUT2D eigenvalue weighted by molar-refractivity contribution is 9.10. The van der Waals surface area contributed by atoms with Gasteiger partial charge >= 0.3 is 0 Å². The first-order valence-electron chi connectivity index (χ1n) is 6.26. The molecule has 0 saturated carbocycles. The fraction of sp³-hybridized carbons (Fsp3) is 0.0625. The zero-order chi connectivity index (χ0) is 13.9. The van der Waals surface area contributed by atoms with Crippen molar-refractivity contribution in [1.29, 1.82) is 0 Å². The molecule has 2 nitrogen and oxygen atoms in total. The molecule has 0 amide bonds. The molecule has 0 aliphatic heterocycles. The lowest BCUT2D eigenvalue weighted by molar-refractivity contribution is 0.630. The molecule has 20 heavy (non-hydrogen) atoms. The molecular weight excluding hydrogens is 319 g/mol. The highest BCUT2D eigenvalue weighted by Crippen LogP contribution is 2.26. The maximum absolute atomic E-state index is 13.6. The highest BCUT2D eigenvalue weighted by Gasteiger charge is 2.06. The van der Waals surface area contributed by atoms with Crippen LogP contribution < -0.4 is 5.32 Å². The number of hydrogen-bond acceptors (Lipinski definition) is 2. The number of pyridine rings is 1. The first-order chi connectivity index (χ1) is 9.75. The minimum atomic E-state index is -0.248. The van der Waals surface area contributed by atoms with Crippen LogP contribution in [0.25, 0.3) is 10.9 Å². The summed E-state index contributed by atoms with van der Waals surface area (Å²) in [6.45, 7) is 0.529. The van der Waals surface area contributed by atoms with E-state index in [0.717, 1.165) is 20.9 Å². The Balaban J connectivity index is 1.92. The first kappa shape index (κ1) is 13.1. The average molecular weight is 331 g/mol. The van der Waals surface area contributed by atoms with Crippen molar-refractivity contribution in [3.63, 3.8) is 0 Å². The largest absolute Gasteiger partial charge is 0.379 e. The third-order valence-corrected chi connectivity index (χ3v) is 3.83. The van der Waals surface area contributed by atoms with Gasteiger partial charge in [0.2, 0.25) is 0 Å². The molecule has 0 radical (unpaired) electrons. The quantitative estimate of drug-likeness (QED) is 0.749. The van der Waals surface area contributed by atoms with Gasteiger partial charge in [-0.3, -0.25) is 4.98 Å². The van der Waals surface area contributed by atoms with Gasteiger partial charge < -0.3 is 5.32 Å². The van der Waals surface area contributed by atoms with E-state index in [4.69, 9.17) is 0 Å². The molecule has 2 aromatic carbocycles. The van der Waals surface area contributed by atoms with Crippen LogP contribution in [0, 0.1) is 5.82 Å². The number of fused-ring (bicyclic) bond motifs is 1. The van der Waals surface area contributed by atoms with Crippen LogP contribution in [0.2, 0.25) is 0 Å². The molecule has 0 unspecified atom stereocenters. The van der Waals surface area contributed by atoms with Crippen molar-refractivity contribution in [2.75, 3.05) is 5.32 Å². The summed E-state index contributed by atoms with van der Waals surface area (Å²) >= 11 is 3.52. The number of benzene rings is 2. The molecule has 0 bridgehead atoms. The van der Waals surface area contributed by atoms with E-state index in [1.165, 1.54) is 6.07 Å². The van der Waals surface area contributed by atoms with Gasteiger partial charge in [-0.1, -0.05) is 40.2 Å². The van der Waals surface area contributed by atoms with E-state index in [9.17, 15) is 4.39 Å². The molecule has 0 aliphatic rings. The number of anilines is 1. The van der Waals surface area contributed by atoms with E-state index in [1.807, 2.05) is 30.3 Å². The third kappa shape index (κ3) is 2.51.